The Labute approximate surface area is 103 Å². The standard InChI is InChI=1S/C15H20N2/c1-9-5-10(2)15-14(6-9)13(7-11(3)16)8-12(4)17-15/h5-6,8,11H,7,16H2,1-4H3. The summed E-state index contributed by atoms with van der Waals surface area (Å²) in [5.74, 6) is 0. The number of pyridine rings is 1. The van der Waals surface area contributed by atoms with E-state index in [2.05, 4.69) is 37.0 Å². The molecular formula is C15H20N2. The Kier molecular flexibility index (Phi) is 3.16. The van der Waals surface area contributed by atoms with Crippen LogP contribution in [-0.4, -0.2) is 11.0 Å². The van der Waals surface area contributed by atoms with E-state index in [-0.39, 0.29) is 6.04 Å². The van der Waals surface area contributed by atoms with Gasteiger partial charge in [-0.2, -0.15) is 0 Å². The molecule has 2 aromatic rings. The van der Waals surface area contributed by atoms with E-state index in [0.717, 1.165) is 17.6 Å². The van der Waals surface area contributed by atoms with E-state index < -0.39 is 0 Å². The first-order chi connectivity index (χ1) is 7.97. The van der Waals surface area contributed by atoms with Crippen molar-refractivity contribution in [3.05, 3.63) is 40.6 Å². The number of hydrogen-bond acceptors (Lipinski definition) is 2. The summed E-state index contributed by atoms with van der Waals surface area (Å²) in [7, 11) is 0. The Balaban J connectivity index is 2.73. The molecule has 1 aromatic heterocycles. The number of aromatic nitrogens is 1. The zero-order valence-corrected chi connectivity index (χ0v) is 11.0. The predicted molar refractivity (Wildman–Crippen MR) is 73.3 cm³/mol. The van der Waals surface area contributed by atoms with Crippen LogP contribution in [0.25, 0.3) is 10.9 Å². The maximum absolute atomic E-state index is 5.92. The Morgan fingerprint density at radius 1 is 1.18 bits per heavy atom. The summed E-state index contributed by atoms with van der Waals surface area (Å²) in [6, 6.07) is 6.74. The Hall–Kier alpha value is -1.41. The normalized spacial score (nSPS) is 13.0. The molecule has 0 radical (unpaired) electrons. The van der Waals surface area contributed by atoms with Crippen molar-refractivity contribution < 1.29 is 0 Å². The SMILES string of the molecule is Cc1cc(C)c2nc(C)cc(CC(C)N)c2c1. The molecule has 1 heterocycles. The van der Waals surface area contributed by atoms with Gasteiger partial charge in [0, 0.05) is 17.1 Å². The molecule has 2 N–H and O–H groups in total. The van der Waals surface area contributed by atoms with Gasteiger partial charge in [0.15, 0.2) is 0 Å². The van der Waals surface area contributed by atoms with Gasteiger partial charge in [-0.3, -0.25) is 4.98 Å². The number of aryl methyl sites for hydroxylation is 3. The van der Waals surface area contributed by atoms with Crippen molar-refractivity contribution in [3.63, 3.8) is 0 Å². The van der Waals surface area contributed by atoms with Crippen molar-refractivity contribution in [2.75, 3.05) is 0 Å². The van der Waals surface area contributed by atoms with E-state index in [0.29, 0.717) is 0 Å². The molecule has 2 heteroatoms. The van der Waals surface area contributed by atoms with Crippen LogP contribution in [0.2, 0.25) is 0 Å². The van der Waals surface area contributed by atoms with Crippen molar-refractivity contribution in [1.82, 2.24) is 4.98 Å². The Morgan fingerprint density at radius 2 is 1.88 bits per heavy atom. The zero-order chi connectivity index (χ0) is 12.6. The summed E-state index contributed by atoms with van der Waals surface area (Å²) < 4.78 is 0. The molecule has 17 heavy (non-hydrogen) atoms. The summed E-state index contributed by atoms with van der Waals surface area (Å²) in [6.45, 7) is 8.34. The largest absolute Gasteiger partial charge is 0.328 e. The highest BCUT2D eigenvalue weighted by Gasteiger charge is 2.08. The van der Waals surface area contributed by atoms with Crippen LogP contribution in [0, 0.1) is 20.8 Å². The van der Waals surface area contributed by atoms with E-state index in [1.54, 1.807) is 0 Å². The molecule has 0 bridgehead atoms. The fourth-order valence-electron chi connectivity index (χ4n) is 2.41. The fourth-order valence-corrected chi connectivity index (χ4v) is 2.41. The van der Waals surface area contributed by atoms with Crippen LogP contribution in [-0.2, 0) is 6.42 Å². The summed E-state index contributed by atoms with van der Waals surface area (Å²) in [5.41, 5.74) is 12.0. The van der Waals surface area contributed by atoms with Gasteiger partial charge in [0.1, 0.15) is 0 Å². The minimum absolute atomic E-state index is 0.181. The van der Waals surface area contributed by atoms with Crippen molar-refractivity contribution in [2.24, 2.45) is 5.73 Å². The highest BCUT2D eigenvalue weighted by atomic mass is 14.7. The first kappa shape index (κ1) is 12.1. The fraction of sp³-hybridized carbons (Fsp3) is 0.400. The molecule has 90 valence electrons. The lowest BCUT2D eigenvalue weighted by Crippen LogP contribution is -2.18. The monoisotopic (exact) mass is 228 g/mol. The second-order valence-corrected chi connectivity index (χ2v) is 5.08. The van der Waals surface area contributed by atoms with Crippen LogP contribution < -0.4 is 5.73 Å². The van der Waals surface area contributed by atoms with Gasteiger partial charge in [0.2, 0.25) is 0 Å². The Bertz CT molecular complexity index is 556. The van der Waals surface area contributed by atoms with Gasteiger partial charge >= 0.3 is 0 Å². The van der Waals surface area contributed by atoms with Gasteiger partial charge in [0.05, 0.1) is 5.52 Å². The first-order valence-electron chi connectivity index (χ1n) is 6.10. The van der Waals surface area contributed by atoms with E-state index >= 15 is 0 Å². The van der Waals surface area contributed by atoms with Crippen LogP contribution in [0.4, 0.5) is 0 Å². The summed E-state index contributed by atoms with van der Waals surface area (Å²) in [6.07, 6.45) is 0.906. The zero-order valence-electron chi connectivity index (χ0n) is 11.0. The molecular weight excluding hydrogens is 208 g/mol. The van der Waals surface area contributed by atoms with Crippen molar-refractivity contribution in [1.29, 1.82) is 0 Å². The quantitative estimate of drug-likeness (QED) is 0.858. The van der Waals surface area contributed by atoms with Gasteiger partial charge in [-0.05, 0) is 57.4 Å². The molecule has 1 atom stereocenters. The maximum Gasteiger partial charge on any atom is 0.0737 e. The minimum Gasteiger partial charge on any atom is -0.328 e. The van der Waals surface area contributed by atoms with Crippen molar-refractivity contribution in [2.45, 2.75) is 40.2 Å². The summed E-state index contributed by atoms with van der Waals surface area (Å²) >= 11 is 0. The molecule has 0 spiro atoms. The maximum atomic E-state index is 5.92. The molecule has 0 saturated carbocycles. The highest BCUT2D eigenvalue weighted by Crippen LogP contribution is 2.24. The topological polar surface area (TPSA) is 38.9 Å². The van der Waals surface area contributed by atoms with Crippen LogP contribution in [0.1, 0.15) is 29.3 Å². The van der Waals surface area contributed by atoms with Gasteiger partial charge in [-0.1, -0.05) is 11.6 Å². The smallest absolute Gasteiger partial charge is 0.0737 e. The number of rotatable bonds is 2. The lowest BCUT2D eigenvalue weighted by Gasteiger charge is -2.12. The number of nitrogens with zero attached hydrogens (tertiary/aromatic N) is 1. The van der Waals surface area contributed by atoms with E-state index in [9.17, 15) is 0 Å². The molecule has 0 fully saturated rings. The average Bonchev–Trinajstić information content (AvgIpc) is 2.19. The lowest BCUT2D eigenvalue weighted by molar-refractivity contribution is 0.740. The van der Waals surface area contributed by atoms with Crippen LogP contribution >= 0.6 is 0 Å². The van der Waals surface area contributed by atoms with Gasteiger partial charge < -0.3 is 5.73 Å². The second-order valence-electron chi connectivity index (χ2n) is 5.08. The van der Waals surface area contributed by atoms with E-state index in [4.69, 9.17) is 5.73 Å². The minimum atomic E-state index is 0.181. The van der Waals surface area contributed by atoms with Gasteiger partial charge in [-0.25, -0.2) is 0 Å². The van der Waals surface area contributed by atoms with Crippen LogP contribution in [0.5, 0.6) is 0 Å². The number of fused-ring (bicyclic) bond motifs is 1. The molecule has 1 unspecified atom stereocenters. The third kappa shape index (κ3) is 2.47. The average molecular weight is 228 g/mol. The Morgan fingerprint density at radius 3 is 2.53 bits per heavy atom. The molecule has 1 aromatic carbocycles. The molecule has 0 aliphatic rings. The van der Waals surface area contributed by atoms with E-state index in [1.807, 2.05) is 13.8 Å². The third-order valence-electron chi connectivity index (χ3n) is 3.00. The number of nitrogens with two attached hydrogens (primary N) is 1. The van der Waals surface area contributed by atoms with Gasteiger partial charge in [-0.15, -0.1) is 0 Å². The lowest BCUT2D eigenvalue weighted by atomic mass is 9.98. The summed E-state index contributed by atoms with van der Waals surface area (Å²) in [4.78, 5) is 4.64. The molecule has 0 saturated heterocycles. The van der Waals surface area contributed by atoms with Crippen LogP contribution in [0.3, 0.4) is 0 Å². The van der Waals surface area contributed by atoms with E-state index in [1.165, 1.54) is 22.1 Å². The number of benzene rings is 1. The van der Waals surface area contributed by atoms with Crippen molar-refractivity contribution >= 4 is 10.9 Å². The molecule has 0 amide bonds. The first-order valence-corrected chi connectivity index (χ1v) is 6.10. The molecule has 2 nitrogen and oxygen atoms in total. The third-order valence-corrected chi connectivity index (χ3v) is 3.00. The highest BCUT2D eigenvalue weighted by molar-refractivity contribution is 5.86. The number of hydrogen-bond donors (Lipinski definition) is 1. The van der Waals surface area contributed by atoms with Crippen LogP contribution in [0.15, 0.2) is 18.2 Å². The molecule has 2 rings (SSSR count). The van der Waals surface area contributed by atoms with Gasteiger partial charge in [0.25, 0.3) is 0 Å². The molecule has 0 aliphatic carbocycles. The predicted octanol–water partition coefficient (Wildman–Crippen LogP) is 3.05. The summed E-state index contributed by atoms with van der Waals surface area (Å²) in [5, 5.41) is 1.26. The molecule has 0 aliphatic heterocycles. The second kappa shape index (κ2) is 4.46. The van der Waals surface area contributed by atoms with Crippen molar-refractivity contribution in [3.8, 4) is 0 Å².